The molecule has 14 heavy (non-hydrogen) atoms. The molecule has 0 aliphatic carbocycles. The van der Waals surface area contributed by atoms with Gasteiger partial charge in [0, 0.05) is 38.5 Å². The summed E-state index contributed by atoms with van der Waals surface area (Å²) >= 11 is 5.42. The highest BCUT2D eigenvalue weighted by atomic mass is 35.5. The summed E-state index contributed by atoms with van der Waals surface area (Å²) in [5, 5.41) is 6.96. The second-order valence-corrected chi connectivity index (χ2v) is 3.40. The van der Waals surface area contributed by atoms with Crippen LogP contribution in [0.25, 0.3) is 0 Å². The van der Waals surface area contributed by atoms with Gasteiger partial charge >= 0.3 is 0 Å². The average molecular weight is 216 g/mol. The molecule has 5 heteroatoms. The van der Waals surface area contributed by atoms with E-state index < -0.39 is 0 Å². The van der Waals surface area contributed by atoms with Crippen LogP contribution in [0.3, 0.4) is 0 Å². The molecule has 0 unspecified atom stereocenters. The topological polar surface area (TPSA) is 46.9 Å². The Morgan fingerprint density at radius 1 is 1.71 bits per heavy atom. The fourth-order valence-electron chi connectivity index (χ4n) is 1.10. The van der Waals surface area contributed by atoms with Gasteiger partial charge in [-0.3, -0.25) is 9.48 Å². The molecule has 1 aromatic heterocycles. The molecule has 1 N–H and O–H groups in total. The van der Waals surface area contributed by atoms with Crippen LogP contribution in [0.1, 0.15) is 12.1 Å². The number of rotatable bonds is 5. The molecule has 0 radical (unpaired) electrons. The van der Waals surface area contributed by atoms with Crippen molar-refractivity contribution in [2.45, 2.75) is 12.8 Å². The molecule has 0 saturated carbocycles. The lowest BCUT2D eigenvalue weighted by atomic mass is 10.3. The third kappa shape index (κ3) is 3.79. The highest BCUT2D eigenvalue weighted by Crippen LogP contribution is 1.94. The van der Waals surface area contributed by atoms with Crippen molar-refractivity contribution in [1.29, 1.82) is 0 Å². The van der Waals surface area contributed by atoms with Crippen LogP contribution in [0.4, 0.5) is 0 Å². The number of hydrogen-bond donors (Lipinski definition) is 1. The van der Waals surface area contributed by atoms with Gasteiger partial charge in [-0.15, -0.1) is 11.6 Å². The quantitative estimate of drug-likeness (QED) is 0.736. The molecule has 0 bridgehead atoms. The van der Waals surface area contributed by atoms with E-state index in [9.17, 15) is 4.79 Å². The summed E-state index contributed by atoms with van der Waals surface area (Å²) in [7, 11) is 1.87. The van der Waals surface area contributed by atoms with Gasteiger partial charge < -0.3 is 5.32 Å². The van der Waals surface area contributed by atoms with E-state index in [1.54, 1.807) is 4.68 Å². The highest BCUT2D eigenvalue weighted by molar-refractivity contribution is 6.18. The van der Waals surface area contributed by atoms with Crippen LogP contribution < -0.4 is 5.32 Å². The van der Waals surface area contributed by atoms with Crippen molar-refractivity contribution in [2.75, 3.05) is 12.4 Å². The highest BCUT2D eigenvalue weighted by Gasteiger charge is 2.00. The molecule has 1 amide bonds. The first-order valence-electron chi connectivity index (χ1n) is 4.53. The minimum absolute atomic E-state index is 0.00377. The molecule has 0 atom stereocenters. The third-order valence-electron chi connectivity index (χ3n) is 1.79. The fraction of sp³-hybridized carbons (Fsp3) is 0.556. The zero-order chi connectivity index (χ0) is 10.4. The van der Waals surface area contributed by atoms with Crippen LogP contribution >= 0.6 is 11.6 Å². The minimum atomic E-state index is -0.00377. The van der Waals surface area contributed by atoms with Gasteiger partial charge in [0.25, 0.3) is 0 Å². The van der Waals surface area contributed by atoms with Crippen LogP contribution in [0.15, 0.2) is 12.3 Å². The van der Waals surface area contributed by atoms with E-state index in [0.29, 0.717) is 18.8 Å². The summed E-state index contributed by atoms with van der Waals surface area (Å²) < 4.78 is 1.75. The maximum absolute atomic E-state index is 11.0. The Kier molecular flexibility index (Phi) is 4.46. The van der Waals surface area contributed by atoms with Gasteiger partial charge in [0.15, 0.2) is 0 Å². The number of nitrogens with one attached hydrogen (secondary N) is 1. The van der Waals surface area contributed by atoms with E-state index >= 15 is 0 Å². The molecular formula is C9H14ClN3O. The van der Waals surface area contributed by atoms with Gasteiger partial charge in [0.1, 0.15) is 0 Å². The molecule has 78 valence electrons. The average Bonchev–Trinajstić information content (AvgIpc) is 2.52. The summed E-state index contributed by atoms with van der Waals surface area (Å²) in [5.41, 5.74) is 0.985. The molecule has 0 aromatic carbocycles. The number of carbonyl (C=O) groups excluding carboxylic acids is 1. The normalized spacial score (nSPS) is 10.1. The Morgan fingerprint density at radius 2 is 2.50 bits per heavy atom. The lowest BCUT2D eigenvalue weighted by Crippen LogP contribution is -2.25. The lowest BCUT2D eigenvalue weighted by Gasteiger charge is -2.01. The first-order chi connectivity index (χ1) is 6.72. The van der Waals surface area contributed by atoms with Gasteiger partial charge in [-0.1, -0.05) is 0 Å². The molecule has 1 aromatic rings. The van der Waals surface area contributed by atoms with Crippen LogP contribution in [-0.2, 0) is 18.3 Å². The maximum Gasteiger partial charge on any atom is 0.221 e. The summed E-state index contributed by atoms with van der Waals surface area (Å²) in [6.07, 6.45) is 3.02. The van der Waals surface area contributed by atoms with Crippen LogP contribution in [0.2, 0.25) is 0 Å². The summed E-state index contributed by atoms with van der Waals surface area (Å²) in [5.74, 6) is 0.367. The standard InChI is InChI=1S/C9H14ClN3O/c1-13-7-4-8(12-13)3-6-11-9(14)2-5-10/h4,7H,2-3,5-6H2,1H3,(H,11,14). The molecular weight excluding hydrogens is 202 g/mol. The number of halogens is 1. The largest absolute Gasteiger partial charge is 0.356 e. The van der Waals surface area contributed by atoms with Crippen LogP contribution in [-0.4, -0.2) is 28.1 Å². The number of amides is 1. The SMILES string of the molecule is Cn1ccc(CCNC(=O)CCCl)n1. The molecule has 0 spiro atoms. The van der Waals surface area contributed by atoms with Gasteiger partial charge in [0.05, 0.1) is 5.69 Å². The van der Waals surface area contributed by atoms with E-state index in [4.69, 9.17) is 11.6 Å². The van der Waals surface area contributed by atoms with Crippen molar-refractivity contribution in [2.24, 2.45) is 7.05 Å². The van der Waals surface area contributed by atoms with Gasteiger partial charge in [0.2, 0.25) is 5.91 Å². The van der Waals surface area contributed by atoms with Gasteiger partial charge in [-0.05, 0) is 6.07 Å². The first kappa shape index (κ1) is 11.0. The lowest BCUT2D eigenvalue weighted by molar-refractivity contribution is -0.120. The van der Waals surface area contributed by atoms with E-state index in [2.05, 4.69) is 10.4 Å². The summed E-state index contributed by atoms with van der Waals surface area (Å²) in [6, 6.07) is 1.94. The first-order valence-corrected chi connectivity index (χ1v) is 5.07. The van der Waals surface area contributed by atoms with E-state index in [-0.39, 0.29) is 5.91 Å². The van der Waals surface area contributed by atoms with E-state index in [1.807, 2.05) is 19.3 Å². The second-order valence-electron chi connectivity index (χ2n) is 3.02. The number of hydrogen-bond acceptors (Lipinski definition) is 2. The molecule has 0 fully saturated rings. The number of carbonyl (C=O) groups is 1. The summed E-state index contributed by atoms with van der Waals surface area (Å²) in [6.45, 7) is 0.618. The number of aryl methyl sites for hydroxylation is 1. The third-order valence-corrected chi connectivity index (χ3v) is 1.98. The Morgan fingerprint density at radius 3 is 3.07 bits per heavy atom. The van der Waals surface area contributed by atoms with E-state index in [0.717, 1.165) is 12.1 Å². The van der Waals surface area contributed by atoms with Crippen molar-refractivity contribution in [3.8, 4) is 0 Å². The van der Waals surface area contributed by atoms with Gasteiger partial charge in [-0.2, -0.15) is 5.10 Å². The predicted molar refractivity (Wildman–Crippen MR) is 55.3 cm³/mol. The van der Waals surface area contributed by atoms with Crippen LogP contribution in [0.5, 0.6) is 0 Å². The summed E-state index contributed by atoms with van der Waals surface area (Å²) in [4.78, 5) is 11.0. The smallest absolute Gasteiger partial charge is 0.221 e. The van der Waals surface area contributed by atoms with Crippen molar-refractivity contribution < 1.29 is 4.79 Å². The molecule has 1 rings (SSSR count). The number of aromatic nitrogens is 2. The van der Waals surface area contributed by atoms with Gasteiger partial charge in [-0.25, -0.2) is 0 Å². The Hall–Kier alpha value is -1.03. The molecule has 0 aliphatic heterocycles. The number of nitrogens with zero attached hydrogens (tertiary/aromatic N) is 2. The van der Waals surface area contributed by atoms with Crippen molar-refractivity contribution in [3.63, 3.8) is 0 Å². The Bertz CT molecular complexity index is 298. The monoisotopic (exact) mass is 215 g/mol. The zero-order valence-electron chi connectivity index (χ0n) is 8.16. The maximum atomic E-state index is 11.0. The molecule has 4 nitrogen and oxygen atoms in total. The molecule has 1 heterocycles. The van der Waals surface area contributed by atoms with Crippen molar-refractivity contribution in [1.82, 2.24) is 15.1 Å². The zero-order valence-corrected chi connectivity index (χ0v) is 8.92. The second kappa shape index (κ2) is 5.65. The Balaban J connectivity index is 2.18. The minimum Gasteiger partial charge on any atom is -0.356 e. The predicted octanol–water partition coefficient (Wildman–Crippen LogP) is 0.708. The number of alkyl halides is 1. The fourth-order valence-corrected chi connectivity index (χ4v) is 1.27. The molecule has 0 saturated heterocycles. The Labute approximate surface area is 88.2 Å². The van der Waals surface area contributed by atoms with Crippen molar-refractivity contribution >= 4 is 17.5 Å². The van der Waals surface area contributed by atoms with Crippen molar-refractivity contribution in [3.05, 3.63) is 18.0 Å². The van der Waals surface area contributed by atoms with Crippen LogP contribution in [0, 0.1) is 0 Å². The molecule has 0 aliphatic rings. The van der Waals surface area contributed by atoms with E-state index in [1.165, 1.54) is 0 Å².